The summed E-state index contributed by atoms with van der Waals surface area (Å²) in [5.74, 6) is -2.05. The zero-order valence-electron chi connectivity index (χ0n) is 18.6. The Hall–Kier alpha value is -3.03. The van der Waals surface area contributed by atoms with Gasteiger partial charge in [0.05, 0.1) is 27.6 Å². The van der Waals surface area contributed by atoms with E-state index in [1.165, 1.54) is 6.08 Å². The molecule has 0 radical (unpaired) electrons. The minimum atomic E-state index is -3.65. The molecule has 10 heteroatoms. The quantitative estimate of drug-likeness (QED) is 0.735. The molecule has 0 spiro atoms. The highest BCUT2D eigenvalue weighted by molar-refractivity contribution is 7.94. The number of hydrogen-bond donors (Lipinski definition) is 1. The summed E-state index contributed by atoms with van der Waals surface area (Å²) in [6.45, 7) is 3.87. The number of nitriles is 1. The number of pyridine rings is 1. The van der Waals surface area contributed by atoms with Gasteiger partial charge in [-0.2, -0.15) is 5.26 Å². The van der Waals surface area contributed by atoms with Crippen molar-refractivity contribution in [3.05, 3.63) is 56.2 Å². The number of hydrogen-bond acceptors (Lipinski definition) is 6. The van der Waals surface area contributed by atoms with Gasteiger partial charge in [-0.15, -0.1) is 0 Å². The SMILES string of the molecule is CC1CC(S(C)(=O)=O)=C(c2cc(=O)c3c(F)c(N4CCN(C)CC4)c(F)cc3[nH]2)C=C1C#N. The summed E-state index contributed by atoms with van der Waals surface area (Å²) in [5.41, 5.74) is -0.383. The Bertz CT molecular complexity index is 1410. The number of benzene rings is 1. The number of anilines is 1. The summed E-state index contributed by atoms with van der Waals surface area (Å²) >= 11 is 0. The first kappa shape index (κ1) is 23.1. The van der Waals surface area contributed by atoms with Crippen molar-refractivity contribution in [3.63, 3.8) is 0 Å². The third-order valence-corrected chi connectivity index (χ3v) is 7.58. The molecule has 1 N–H and O–H groups in total. The minimum Gasteiger partial charge on any atom is -0.364 e. The Kier molecular flexibility index (Phi) is 5.88. The zero-order valence-corrected chi connectivity index (χ0v) is 19.4. The van der Waals surface area contributed by atoms with Crippen molar-refractivity contribution in [2.75, 3.05) is 44.4 Å². The molecule has 4 rings (SSSR count). The Balaban J connectivity index is 1.92. The molecule has 33 heavy (non-hydrogen) atoms. The first-order valence-corrected chi connectivity index (χ1v) is 12.4. The van der Waals surface area contributed by atoms with Crippen LogP contribution in [0.4, 0.5) is 14.5 Å². The van der Waals surface area contributed by atoms with Gasteiger partial charge in [-0.25, -0.2) is 17.2 Å². The molecular formula is C23H24F2N4O3S. The fourth-order valence-corrected chi connectivity index (χ4v) is 5.52. The van der Waals surface area contributed by atoms with E-state index in [-0.39, 0.29) is 45.1 Å². The van der Waals surface area contributed by atoms with E-state index in [4.69, 9.17) is 0 Å². The van der Waals surface area contributed by atoms with Crippen LogP contribution in [0.2, 0.25) is 0 Å². The number of piperazine rings is 1. The van der Waals surface area contributed by atoms with Gasteiger partial charge in [0, 0.05) is 55.7 Å². The maximum Gasteiger partial charge on any atom is 0.193 e. The fourth-order valence-electron chi connectivity index (χ4n) is 4.40. The minimum absolute atomic E-state index is 0.0685. The molecule has 0 saturated carbocycles. The van der Waals surface area contributed by atoms with E-state index in [1.807, 2.05) is 11.9 Å². The molecule has 1 unspecified atom stereocenters. The van der Waals surface area contributed by atoms with Crippen LogP contribution in [0.5, 0.6) is 0 Å². The van der Waals surface area contributed by atoms with Crippen LogP contribution in [0.3, 0.4) is 0 Å². The number of allylic oxidation sites excluding steroid dienone is 4. The van der Waals surface area contributed by atoms with Crippen molar-refractivity contribution in [3.8, 4) is 6.07 Å². The first-order chi connectivity index (χ1) is 15.5. The lowest BCUT2D eigenvalue weighted by molar-refractivity contribution is 0.310. The third-order valence-electron chi connectivity index (χ3n) is 6.29. The lowest BCUT2D eigenvalue weighted by Gasteiger charge is -2.34. The number of sulfone groups is 1. The van der Waals surface area contributed by atoms with Crippen LogP contribution >= 0.6 is 0 Å². The molecule has 174 valence electrons. The lowest BCUT2D eigenvalue weighted by Crippen LogP contribution is -2.45. The van der Waals surface area contributed by atoms with Crippen LogP contribution in [0.1, 0.15) is 19.0 Å². The second kappa shape index (κ2) is 8.39. The molecule has 1 saturated heterocycles. The highest BCUT2D eigenvalue weighted by atomic mass is 32.2. The normalized spacial score (nSPS) is 20.2. The van der Waals surface area contributed by atoms with E-state index < -0.39 is 26.9 Å². The predicted molar refractivity (Wildman–Crippen MR) is 123 cm³/mol. The topological polar surface area (TPSA) is 97.3 Å². The van der Waals surface area contributed by atoms with E-state index in [9.17, 15) is 18.5 Å². The summed E-state index contributed by atoms with van der Waals surface area (Å²) in [7, 11) is -1.73. The largest absolute Gasteiger partial charge is 0.364 e. The van der Waals surface area contributed by atoms with Crippen molar-refractivity contribution in [1.82, 2.24) is 9.88 Å². The van der Waals surface area contributed by atoms with Crippen molar-refractivity contribution in [2.24, 2.45) is 5.92 Å². The molecule has 1 aromatic carbocycles. The summed E-state index contributed by atoms with van der Waals surface area (Å²) in [4.78, 5) is 19.5. The number of aromatic amines is 1. The molecule has 1 aliphatic carbocycles. The molecule has 0 amide bonds. The number of nitrogens with zero attached hydrogens (tertiary/aromatic N) is 3. The van der Waals surface area contributed by atoms with Gasteiger partial charge in [-0.3, -0.25) is 4.79 Å². The van der Waals surface area contributed by atoms with Gasteiger partial charge in [0.15, 0.2) is 26.9 Å². The van der Waals surface area contributed by atoms with E-state index in [1.54, 1.807) is 11.8 Å². The Morgan fingerprint density at radius 3 is 2.45 bits per heavy atom. The van der Waals surface area contributed by atoms with Crippen LogP contribution in [-0.2, 0) is 9.84 Å². The van der Waals surface area contributed by atoms with Crippen LogP contribution in [0.25, 0.3) is 16.5 Å². The number of halogens is 2. The summed E-state index contributed by atoms with van der Waals surface area (Å²) in [6, 6.07) is 4.23. The second-order valence-corrected chi connectivity index (χ2v) is 10.7. The lowest BCUT2D eigenvalue weighted by atomic mass is 9.89. The molecular weight excluding hydrogens is 450 g/mol. The van der Waals surface area contributed by atoms with Crippen LogP contribution < -0.4 is 10.3 Å². The fraction of sp³-hybridized carbons (Fsp3) is 0.391. The van der Waals surface area contributed by atoms with Crippen molar-refractivity contribution in [1.29, 1.82) is 5.26 Å². The van der Waals surface area contributed by atoms with Gasteiger partial charge >= 0.3 is 0 Å². The summed E-state index contributed by atoms with van der Waals surface area (Å²) < 4.78 is 55.3. The van der Waals surface area contributed by atoms with Gasteiger partial charge in [0.2, 0.25) is 0 Å². The Morgan fingerprint density at radius 1 is 1.18 bits per heavy atom. The molecule has 2 aromatic rings. The highest BCUT2D eigenvalue weighted by Gasteiger charge is 2.29. The van der Waals surface area contributed by atoms with Gasteiger partial charge < -0.3 is 14.8 Å². The molecule has 1 aromatic heterocycles. The molecule has 1 aliphatic heterocycles. The number of rotatable bonds is 3. The standard InChI is InChI=1S/C23H24F2N4O3S/c1-13-8-20(33(3,31)32)15(9-14(13)12-26)17-11-19(30)21-18(27-17)10-16(24)23(22(21)25)29-6-4-28(2)5-7-29/h9-11,13H,4-8H2,1-3H3,(H,27,30). The number of H-pyrrole nitrogens is 1. The van der Waals surface area contributed by atoms with Gasteiger partial charge in [-0.1, -0.05) is 6.92 Å². The summed E-state index contributed by atoms with van der Waals surface area (Å²) in [6.07, 6.45) is 2.58. The smallest absolute Gasteiger partial charge is 0.193 e. The maximum atomic E-state index is 15.4. The van der Waals surface area contributed by atoms with E-state index in [0.29, 0.717) is 31.8 Å². The monoisotopic (exact) mass is 474 g/mol. The molecule has 7 nitrogen and oxygen atoms in total. The molecule has 2 aliphatic rings. The third kappa shape index (κ3) is 4.18. The first-order valence-electron chi connectivity index (χ1n) is 10.5. The van der Waals surface area contributed by atoms with Gasteiger partial charge in [0.1, 0.15) is 5.69 Å². The maximum absolute atomic E-state index is 15.4. The zero-order chi connectivity index (χ0) is 24.1. The Labute approximate surface area is 190 Å². The number of fused-ring (bicyclic) bond motifs is 1. The van der Waals surface area contributed by atoms with E-state index in [0.717, 1.165) is 18.4 Å². The molecule has 1 fully saturated rings. The van der Waals surface area contributed by atoms with Crippen LogP contribution in [0.15, 0.2) is 33.5 Å². The van der Waals surface area contributed by atoms with Crippen molar-refractivity contribution in [2.45, 2.75) is 13.3 Å². The number of aromatic nitrogens is 1. The van der Waals surface area contributed by atoms with Crippen LogP contribution in [0, 0.1) is 28.9 Å². The van der Waals surface area contributed by atoms with E-state index >= 15 is 8.78 Å². The van der Waals surface area contributed by atoms with Crippen molar-refractivity contribution >= 4 is 32.0 Å². The van der Waals surface area contributed by atoms with Gasteiger partial charge in [0.25, 0.3) is 0 Å². The highest BCUT2D eigenvalue weighted by Crippen LogP contribution is 2.37. The van der Waals surface area contributed by atoms with Crippen molar-refractivity contribution < 1.29 is 17.2 Å². The number of likely N-dealkylation sites (N-methyl/N-ethyl adjacent to an activating group) is 1. The van der Waals surface area contributed by atoms with Gasteiger partial charge in [-0.05, 0) is 25.5 Å². The molecule has 1 atom stereocenters. The average molecular weight is 475 g/mol. The summed E-state index contributed by atoms with van der Waals surface area (Å²) in [5, 5.41) is 9.13. The second-order valence-electron chi connectivity index (χ2n) is 8.71. The number of nitrogens with one attached hydrogen (secondary N) is 1. The predicted octanol–water partition coefficient (Wildman–Crippen LogP) is 2.80. The van der Waals surface area contributed by atoms with E-state index in [2.05, 4.69) is 11.1 Å². The Morgan fingerprint density at radius 2 is 1.85 bits per heavy atom. The van der Waals surface area contributed by atoms with Crippen LogP contribution in [-0.4, -0.2) is 57.8 Å². The average Bonchev–Trinajstić information content (AvgIpc) is 2.73. The molecule has 0 bridgehead atoms. The molecule has 2 heterocycles.